The third-order valence-corrected chi connectivity index (χ3v) is 4.68. The molecule has 0 spiro atoms. The lowest BCUT2D eigenvalue weighted by Gasteiger charge is -2.36. The zero-order valence-electron chi connectivity index (χ0n) is 10.2. The van der Waals surface area contributed by atoms with Crippen molar-refractivity contribution in [2.45, 2.75) is 31.8 Å². The predicted octanol–water partition coefficient (Wildman–Crippen LogP) is 4.11. The Kier molecular flexibility index (Phi) is 4.50. The normalized spacial score (nSPS) is 25.9. The van der Waals surface area contributed by atoms with Gasteiger partial charge < -0.3 is 10.2 Å². The molecule has 0 radical (unpaired) electrons. The number of hydrogen-bond acceptors (Lipinski definition) is 2. The Morgan fingerprint density at radius 1 is 1.35 bits per heavy atom. The van der Waals surface area contributed by atoms with Crippen molar-refractivity contribution in [3.05, 3.63) is 27.1 Å². The fraction of sp³-hybridized carbons (Fsp3) is 0.538. The second-order valence-corrected chi connectivity index (χ2v) is 6.59. The van der Waals surface area contributed by atoms with E-state index in [-0.39, 0.29) is 0 Å². The van der Waals surface area contributed by atoms with Crippen LogP contribution >= 0.6 is 31.9 Å². The summed E-state index contributed by atoms with van der Waals surface area (Å²) in [5.41, 5.74) is 1.18. The molecule has 1 aliphatic heterocycles. The van der Waals surface area contributed by atoms with Gasteiger partial charge in [0.05, 0.1) is 0 Å². The first-order valence-electron chi connectivity index (χ1n) is 5.98. The summed E-state index contributed by atoms with van der Waals surface area (Å²) < 4.78 is 2.25. The van der Waals surface area contributed by atoms with Crippen molar-refractivity contribution < 1.29 is 0 Å². The van der Waals surface area contributed by atoms with Gasteiger partial charge in [0.15, 0.2) is 0 Å². The summed E-state index contributed by atoms with van der Waals surface area (Å²) in [6, 6.07) is 7.49. The Balaban J connectivity index is 2.03. The van der Waals surface area contributed by atoms with Gasteiger partial charge in [-0.25, -0.2) is 0 Å². The van der Waals surface area contributed by atoms with Gasteiger partial charge in [-0.3, -0.25) is 0 Å². The van der Waals surface area contributed by atoms with Crippen LogP contribution in [0.4, 0.5) is 5.69 Å². The van der Waals surface area contributed by atoms with E-state index in [2.05, 4.69) is 68.2 Å². The molecule has 17 heavy (non-hydrogen) atoms. The SMILES string of the molecule is CC1CC(Nc2cc(Br)ccc2Br)CCN1C. The van der Waals surface area contributed by atoms with Gasteiger partial charge in [0.1, 0.15) is 0 Å². The quantitative estimate of drug-likeness (QED) is 0.852. The van der Waals surface area contributed by atoms with Crippen LogP contribution < -0.4 is 5.32 Å². The standard InChI is InChI=1S/C13H18Br2N2/c1-9-7-11(5-6-17(9)2)16-13-8-10(14)3-4-12(13)15/h3-4,8-9,11,16H,5-7H2,1-2H3. The first-order chi connectivity index (χ1) is 8.06. The molecule has 1 aromatic carbocycles. The highest BCUT2D eigenvalue weighted by molar-refractivity contribution is 9.11. The van der Waals surface area contributed by atoms with Crippen molar-refractivity contribution in [2.75, 3.05) is 18.9 Å². The molecule has 0 amide bonds. The summed E-state index contributed by atoms with van der Waals surface area (Å²) in [6.45, 7) is 3.47. The number of rotatable bonds is 2. The molecule has 0 aromatic heterocycles. The summed E-state index contributed by atoms with van der Waals surface area (Å²) >= 11 is 7.10. The summed E-state index contributed by atoms with van der Waals surface area (Å²) in [4.78, 5) is 2.42. The Bertz CT molecular complexity index is 395. The van der Waals surface area contributed by atoms with E-state index in [1.54, 1.807) is 0 Å². The van der Waals surface area contributed by atoms with Gasteiger partial charge >= 0.3 is 0 Å². The molecule has 1 fully saturated rings. The highest BCUT2D eigenvalue weighted by Crippen LogP contribution is 2.28. The summed E-state index contributed by atoms with van der Waals surface area (Å²) in [5.74, 6) is 0. The molecule has 1 aliphatic rings. The number of anilines is 1. The number of halogens is 2. The minimum absolute atomic E-state index is 0.576. The average molecular weight is 362 g/mol. The van der Waals surface area contributed by atoms with Gasteiger partial charge in [0.25, 0.3) is 0 Å². The van der Waals surface area contributed by atoms with E-state index in [1.807, 2.05) is 6.07 Å². The van der Waals surface area contributed by atoms with Crippen molar-refractivity contribution >= 4 is 37.5 Å². The smallest absolute Gasteiger partial charge is 0.0498 e. The highest BCUT2D eigenvalue weighted by Gasteiger charge is 2.22. The van der Waals surface area contributed by atoms with E-state index in [0.717, 1.165) is 8.95 Å². The number of likely N-dealkylation sites (tertiary alicyclic amines) is 1. The topological polar surface area (TPSA) is 15.3 Å². The molecular weight excluding hydrogens is 344 g/mol. The van der Waals surface area contributed by atoms with Crippen LogP contribution in [-0.2, 0) is 0 Å². The summed E-state index contributed by atoms with van der Waals surface area (Å²) in [5, 5.41) is 3.64. The molecule has 1 N–H and O–H groups in total. The van der Waals surface area contributed by atoms with E-state index in [0.29, 0.717) is 12.1 Å². The molecule has 1 aromatic rings. The maximum absolute atomic E-state index is 3.64. The lowest BCUT2D eigenvalue weighted by molar-refractivity contribution is 0.190. The monoisotopic (exact) mass is 360 g/mol. The lowest BCUT2D eigenvalue weighted by Crippen LogP contribution is -2.42. The van der Waals surface area contributed by atoms with E-state index < -0.39 is 0 Å². The summed E-state index contributed by atoms with van der Waals surface area (Å²) in [7, 11) is 2.20. The van der Waals surface area contributed by atoms with Gasteiger partial charge in [-0.1, -0.05) is 15.9 Å². The minimum Gasteiger partial charge on any atom is -0.381 e. The molecule has 1 saturated heterocycles. The first-order valence-corrected chi connectivity index (χ1v) is 7.56. The molecule has 1 heterocycles. The van der Waals surface area contributed by atoms with Crippen LogP contribution in [0.2, 0.25) is 0 Å². The van der Waals surface area contributed by atoms with Crippen molar-refractivity contribution in [3.8, 4) is 0 Å². The van der Waals surface area contributed by atoms with Crippen LogP contribution in [0.15, 0.2) is 27.1 Å². The van der Waals surface area contributed by atoms with Crippen LogP contribution in [0.1, 0.15) is 19.8 Å². The zero-order chi connectivity index (χ0) is 12.4. The number of piperidine rings is 1. The largest absolute Gasteiger partial charge is 0.381 e. The lowest BCUT2D eigenvalue weighted by atomic mass is 9.99. The molecule has 0 saturated carbocycles. The number of nitrogens with one attached hydrogen (secondary N) is 1. The van der Waals surface area contributed by atoms with Gasteiger partial charge in [-0.2, -0.15) is 0 Å². The zero-order valence-corrected chi connectivity index (χ0v) is 13.4. The van der Waals surface area contributed by atoms with Crippen LogP contribution in [0.3, 0.4) is 0 Å². The fourth-order valence-electron chi connectivity index (χ4n) is 2.25. The molecule has 0 bridgehead atoms. The Morgan fingerprint density at radius 2 is 2.12 bits per heavy atom. The van der Waals surface area contributed by atoms with Crippen molar-refractivity contribution in [2.24, 2.45) is 0 Å². The first kappa shape index (κ1) is 13.4. The van der Waals surface area contributed by atoms with Crippen LogP contribution in [0.5, 0.6) is 0 Å². The van der Waals surface area contributed by atoms with Gasteiger partial charge in [-0.15, -0.1) is 0 Å². The molecule has 94 valence electrons. The summed E-state index contributed by atoms with van der Waals surface area (Å²) in [6.07, 6.45) is 2.41. The molecule has 4 heteroatoms. The van der Waals surface area contributed by atoms with E-state index in [1.165, 1.54) is 25.1 Å². The Morgan fingerprint density at radius 3 is 2.82 bits per heavy atom. The molecule has 0 aliphatic carbocycles. The van der Waals surface area contributed by atoms with Crippen molar-refractivity contribution in [3.63, 3.8) is 0 Å². The molecule has 2 unspecified atom stereocenters. The Labute approximate surface area is 120 Å². The van der Waals surface area contributed by atoms with Gasteiger partial charge in [-0.05, 0) is 60.9 Å². The highest BCUT2D eigenvalue weighted by atomic mass is 79.9. The molecule has 2 nitrogen and oxygen atoms in total. The molecule has 2 atom stereocenters. The van der Waals surface area contributed by atoms with Gasteiger partial charge in [0.2, 0.25) is 0 Å². The maximum atomic E-state index is 3.64. The third kappa shape index (κ3) is 3.46. The van der Waals surface area contributed by atoms with Crippen LogP contribution in [0.25, 0.3) is 0 Å². The van der Waals surface area contributed by atoms with E-state index in [4.69, 9.17) is 0 Å². The van der Waals surface area contributed by atoms with Crippen molar-refractivity contribution in [1.29, 1.82) is 0 Å². The molecular formula is C13H18Br2N2. The second-order valence-electron chi connectivity index (χ2n) is 4.82. The van der Waals surface area contributed by atoms with E-state index in [9.17, 15) is 0 Å². The Hall–Kier alpha value is -0.0600. The number of nitrogens with zero attached hydrogens (tertiary/aromatic N) is 1. The average Bonchev–Trinajstić information content (AvgIpc) is 2.29. The van der Waals surface area contributed by atoms with Gasteiger partial charge in [0, 0.05) is 33.3 Å². The number of benzene rings is 1. The van der Waals surface area contributed by atoms with Crippen molar-refractivity contribution in [1.82, 2.24) is 4.90 Å². The maximum Gasteiger partial charge on any atom is 0.0498 e. The van der Waals surface area contributed by atoms with Crippen LogP contribution in [-0.4, -0.2) is 30.6 Å². The minimum atomic E-state index is 0.576. The third-order valence-electron chi connectivity index (χ3n) is 3.50. The van der Waals surface area contributed by atoms with E-state index >= 15 is 0 Å². The number of hydrogen-bond donors (Lipinski definition) is 1. The molecule has 2 rings (SSSR count). The fourth-order valence-corrected chi connectivity index (χ4v) is 2.97. The predicted molar refractivity (Wildman–Crippen MR) is 80.6 cm³/mol. The van der Waals surface area contributed by atoms with Crippen LogP contribution in [0, 0.1) is 0 Å². The second kappa shape index (κ2) is 5.72.